The number of nitrogens with zero attached hydrogens (tertiary/aromatic N) is 2. The second-order valence-corrected chi connectivity index (χ2v) is 7.85. The molecule has 0 N–H and O–H groups in total. The summed E-state index contributed by atoms with van der Waals surface area (Å²) in [6.45, 7) is 17.7. The van der Waals surface area contributed by atoms with Crippen LogP contribution in [0.15, 0.2) is 0 Å². The first-order chi connectivity index (χ1) is 7.59. The topological polar surface area (TPSA) is 6.48 Å². The first-order valence-corrected chi connectivity index (χ1v) is 7.05. The van der Waals surface area contributed by atoms with Crippen LogP contribution in [0, 0.1) is 5.41 Å². The van der Waals surface area contributed by atoms with Gasteiger partial charge in [0.25, 0.3) is 0 Å². The summed E-state index contributed by atoms with van der Waals surface area (Å²) >= 11 is 0. The Morgan fingerprint density at radius 1 is 1.00 bits per heavy atom. The van der Waals surface area contributed by atoms with E-state index in [9.17, 15) is 0 Å². The molecule has 1 aliphatic rings. The second kappa shape index (κ2) is 5.27. The van der Waals surface area contributed by atoms with Gasteiger partial charge in [-0.25, -0.2) is 0 Å². The zero-order chi connectivity index (χ0) is 13.3. The van der Waals surface area contributed by atoms with Crippen LogP contribution in [0.5, 0.6) is 0 Å². The normalized spacial score (nSPS) is 21.2. The molecule has 0 saturated carbocycles. The molecule has 0 unspecified atom stereocenters. The molecule has 0 aromatic carbocycles. The van der Waals surface area contributed by atoms with Crippen molar-refractivity contribution in [1.29, 1.82) is 0 Å². The summed E-state index contributed by atoms with van der Waals surface area (Å²) in [5.41, 5.74) is 0.736. The molecule has 0 amide bonds. The van der Waals surface area contributed by atoms with E-state index in [1.165, 1.54) is 32.5 Å². The van der Waals surface area contributed by atoms with Gasteiger partial charge in [0.2, 0.25) is 0 Å². The van der Waals surface area contributed by atoms with Crippen LogP contribution < -0.4 is 0 Å². The summed E-state index contributed by atoms with van der Waals surface area (Å²) in [5.74, 6) is 0. The van der Waals surface area contributed by atoms with Gasteiger partial charge >= 0.3 is 0 Å². The van der Waals surface area contributed by atoms with Crippen LogP contribution in [0.25, 0.3) is 0 Å². The lowest BCUT2D eigenvalue weighted by Crippen LogP contribution is -2.51. The number of likely N-dealkylation sites (tertiary alicyclic amines) is 1. The minimum Gasteiger partial charge on any atom is -0.303 e. The minimum atomic E-state index is 0.302. The predicted octanol–water partition coefficient (Wildman–Crippen LogP) is 3.23. The van der Waals surface area contributed by atoms with E-state index >= 15 is 0 Å². The SMILES string of the molecule is CN(C1CCN(CC(C)(C)C)CC1)C(C)(C)C. The van der Waals surface area contributed by atoms with Crippen LogP contribution in [-0.4, -0.2) is 48.1 Å². The number of rotatable bonds is 2. The van der Waals surface area contributed by atoms with Crippen molar-refractivity contribution < 1.29 is 0 Å². The van der Waals surface area contributed by atoms with Crippen LogP contribution in [0.1, 0.15) is 54.4 Å². The lowest BCUT2D eigenvalue weighted by Gasteiger charge is -2.44. The van der Waals surface area contributed by atoms with Gasteiger partial charge in [0.05, 0.1) is 0 Å². The standard InChI is InChI=1S/C15H32N2/c1-14(2,3)12-17-10-8-13(9-11-17)16(7)15(4,5)6/h13H,8-12H2,1-7H3. The molecule has 2 heteroatoms. The maximum atomic E-state index is 2.63. The van der Waals surface area contributed by atoms with Crippen molar-refractivity contribution in [3.8, 4) is 0 Å². The number of hydrogen-bond donors (Lipinski definition) is 0. The lowest BCUT2D eigenvalue weighted by molar-refractivity contribution is 0.0540. The van der Waals surface area contributed by atoms with Crippen LogP contribution in [0.2, 0.25) is 0 Å². The third-order valence-corrected chi connectivity index (χ3v) is 3.86. The largest absolute Gasteiger partial charge is 0.303 e. The van der Waals surface area contributed by atoms with Crippen LogP contribution in [0.4, 0.5) is 0 Å². The fraction of sp³-hybridized carbons (Fsp3) is 1.00. The average Bonchev–Trinajstić information content (AvgIpc) is 2.14. The Bertz CT molecular complexity index is 226. The van der Waals surface area contributed by atoms with Gasteiger partial charge in [0, 0.05) is 18.1 Å². The first-order valence-electron chi connectivity index (χ1n) is 7.05. The minimum absolute atomic E-state index is 0.302. The predicted molar refractivity (Wildman–Crippen MR) is 76.4 cm³/mol. The molecule has 0 bridgehead atoms. The van der Waals surface area contributed by atoms with E-state index in [4.69, 9.17) is 0 Å². The quantitative estimate of drug-likeness (QED) is 0.731. The summed E-state index contributed by atoms with van der Waals surface area (Å²) in [7, 11) is 2.28. The summed E-state index contributed by atoms with van der Waals surface area (Å²) in [4.78, 5) is 5.19. The highest BCUT2D eigenvalue weighted by Crippen LogP contribution is 2.24. The van der Waals surface area contributed by atoms with E-state index in [2.05, 4.69) is 58.4 Å². The van der Waals surface area contributed by atoms with Crippen LogP contribution in [-0.2, 0) is 0 Å². The van der Waals surface area contributed by atoms with Crippen LogP contribution >= 0.6 is 0 Å². The monoisotopic (exact) mass is 240 g/mol. The fourth-order valence-electron chi connectivity index (χ4n) is 2.68. The average molecular weight is 240 g/mol. The van der Waals surface area contributed by atoms with Crippen molar-refractivity contribution in [3.05, 3.63) is 0 Å². The van der Waals surface area contributed by atoms with Crippen molar-refractivity contribution in [2.24, 2.45) is 5.41 Å². The van der Waals surface area contributed by atoms with Gasteiger partial charge in [0.15, 0.2) is 0 Å². The van der Waals surface area contributed by atoms with E-state index in [1.807, 2.05) is 0 Å². The summed E-state index contributed by atoms with van der Waals surface area (Å²) in [6.07, 6.45) is 2.65. The summed E-state index contributed by atoms with van der Waals surface area (Å²) < 4.78 is 0. The van der Waals surface area contributed by atoms with Gasteiger partial charge in [-0.3, -0.25) is 4.90 Å². The molecule has 0 aliphatic carbocycles. The summed E-state index contributed by atoms with van der Waals surface area (Å²) in [6, 6.07) is 0.770. The zero-order valence-corrected chi connectivity index (χ0v) is 13.0. The molecule has 0 spiro atoms. The maximum Gasteiger partial charge on any atom is 0.0124 e. The molecule has 1 rings (SSSR count). The summed E-state index contributed by atoms with van der Waals surface area (Å²) in [5, 5.41) is 0. The van der Waals surface area contributed by atoms with E-state index in [0.29, 0.717) is 11.0 Å². The highest BCUT2D eigenvalue weighted by atomic mass is 15.2. The molecule has 0 atom stereocenters. The number of hydrogen-bond acceptors (Lipinski definition) is 2. The fourth-order valence-corrected chi connectivity index (χ4v) is 2.68. The highest BCUT2D eigenvalue weighted by molar-refractivity contribution is 4.85. The van der Waals surface area contributed by atoms with Gasteiger partial charge in [-0.05, 0) is 59.2 Å². The van der Waals surface area contributed by atoms with Gasteiger partial charge < -0.3 is 4.90 Å². The van der Waals surface area contributed by atoms with Crippen LogP contribution in [0.3, 0.4) is 0 Å². The van der Waals surface area contributed by atoms with E-state index in [0.717, 1.165) is 6.04 Å². The molecule has 17 heavy (non-hydrogen) atoms. The Morgan fingerprint density at radius 3 is 1.82 bits per heavy atom. The smallest absolute Gasteiger partial charge is 0.0124 e. The van der Waals surface area contributed by atoms with Crippen molar-refractivity contribution in [3.63, 3.8) is 0 Å². The Hall–Kier alpha value is -0.0800. The van der Waals surface area contributed by atoms with Crippen molar-refractivity contribution in [1.82, 2.24) is 9.80 Å². The van der Waals surface area contributed by atoms with Gasteiger partial charge in [0.1, 0.15) is 0 Å². The van der Waals surface area contributed by atoms with E-state index in [-0.39, 0.29) is 0 Å². The molecular weight excluding hydrogens is 208 g/mol. The first kappa shape index (κ1) is 15.0. The Balaban J connectivity index is 2.41. The Morgan fingerprint density at radius 2 is 1.47 bits per heavy atom. The second-order valence-electron chi connectivity index (χ2n) is 7.85. The molecule has 0 radical (unpaired) electrons. The molecule has 0 aromatic heterocycles. The maximum absolute atomic E-state index is 2.63. The van der Waals surface area contributed by atoms with Gasteiger partial charge in [-0.2, -0.15) is 0 Å². The molecule has 1 heterocycles. The Kier molecular flexibility index (Phi) is 4.65. The van der Waals surface area contributed by atoms with Gasteiger partial charge in [-0.15, -0.1) is 0 Å². The van der Waals surface area contributed by atoms with Crippen molar-refractivity contribution in [2.45, 2.75) is 66.0 Å². The molecular formula is C15H32N2. The molecule has 1 aliphatic heterocycles. The van der Waals surface area contributed by atoms with Crippen molar-refractivity contribution in [2.75, 3.05) is 26.7 Å². The third-order valence-electron chi connectivity index (χ3n) is 3.86. The van der Waals surface area contributed by atoms with E-state index in [1.54, 1.807) is 0 Å². The molecule has 102 valence electrons. The third kappa shape index (κ3) is 4.97. The highest BCUT2D eigenvalue weighted by Gasteiger charge is 2.29. The molecule has 2 nitrogen and oxygen atoms in total. The molecule has 1 fully saturated rings. The van der Waals surface area contributed by atoms with Gasteiger partial charge in [-0.1, -0.05) is 20.8 Å². The molecule has 1 saturated heterocycles. The lowest BCUT2D eigenvalue weighted by atomic mass is 9.93. The Labute approximate surface area is 108 Å². The zero-order valence-electron chi connectivity index (χ0n) is 13.0. The number of piperidine rings is 1. The van der Waals surface area contributed by atoms with Crippen molar-refractivity contribution >= 4 is 0 Å². The van der Waals surface area contributed by atoms with E-state index < -0.39 is 0 Å². The molecule has 0 aromatic rings.